The molecule has 1 fully saturated rings. The molecule has 21 heavy (non-hydrogen) atoms. The molecular weight excluding hydrogens is 289 g/mol. The molecule has 1 saturated heterocycles. The summed E-state index contributed by atoms with van der Waals surface area (Å²) in [5.41, 5.74) is 0. The van der Waals surface area contributed by atoms with E-state index in [0.717, 1.165) is 23.9 Å². The molecule has 7 heteroatoms. The molecule has 0 saturated carbocycles. The Balaban J connectivity index is 1.65. The Labute approximate surface area is 127 Å². The minimum Gasteiger partial charge on any atom is -0.348 e. The minimum atomic E-state index is -0.801. The summed E-state index contributed by atoms with van der Waals surface area (Å²) in [4.78, 5) is 8.50. The first-order valence-electron chi connectivity index (χ1n) is 6.97. The lowest BCUT2D eigenvalue weighted by Gasteiger charge is -2.28. The second-order valence-electron chi connectivity index (χ2n) is 5.34. The van der Waals surface area contributed by atoms with Gasteiger partial charge in [0.15, 0.2) is 5.82 Å². The number of nitrogens with zero attached hydrogens (tertiary/aromatic N) is 5. The summed E-state index contributed by atoms with van der Waals surface area (Å²) >= 11 is 1.64. The van der Waals surface area contributed by atoms with Crippen LogP contribution in [-0.2, 0) is 6.54 Å². The monoisotopic (exact) mass is 307 g/mol. The smallest absolute Gasteiger partial charge is 0.151 e. The fourth-order valence-corrected chi connectivity index (χ4v) is 3.44. The van der Waals surface area contributed by atoms with Gasteiger partial charge in [-0.15, -0.1) is 16.4 Å². The Morgan fingerprint density at radius 3 is 3.10 bits per heavy atom. The lowest BCUT2D eigenvalue weighted by Crippen LogP contribution is -2.39. The molecule has 0 unspecified atom stereocenters. The van der Waals surface area contributed by atoms with Crippen molar-refractivity contribution in [2.24, 2.45) is 0 Å². The first kappa shape index (κ1) is 14.3. The second kappa shape index (κ2) is 6.44. The van der Waals surface area contributed by atoms with Crippen LogP contribution in [-0.4, -0.2) is 52.4 Å². The largest absolute Gasteiger partial charge is 0.348 e. The summed E-state index contributed by atoms with van der Waals surface area (Å²) in [5.74, 6) is 0.755. The van der Waals surface area contributed by atoms with Crippen molar-refractivity contribution in [2.45, 2.75) is 25.2 Å². The van der Waals surface area contributed by atoms with Crippen LogP contribution in [0.4, 0.5) is 10.2 Å². The summed E-state index contributed by atoms with van der Waals surface area (Å²) in [6, 6.07) is 3.85. The predicted octanol–water partition coefficient (Wildman–Crippen LogP) is 1.98. The molecule has 5 nitrogen and oxygen atoms in total. The zero-order chi connectivity index (χ0) is 14.7. The van der Waals surface area contributed by atoms with Gasteiger partial charge in [-0.05, 0) is 19.2 Å². The lowest BCUT2D eigenvalue weighted by atomic mass is 10.2. The topological polar surface area (TPSA) is 45.2 Å². The van der Waals surface area contributed by atoms with Crippen molar-refractivity contribution in [1.29, 1.82) is 0 Å². The third kappa shape index (κ3) is 3.54. The van der Waals surface area contributed by atoms with E-state index in [2.05, 4.69) is 20.1 Å². The van der Waals surface area contributed by atoms with E-state index in [4.69, 9.17) is 0 Å². The van der Waals surface area contributed by atoms with E-state index in [1.165, 1.54) is 0 Å². The van der Waals surface area contributed by atoms with Crippen molar-refractivity contribution in [3.63, 3.8) is 0 Å². The summed E-state index contributed by atoms with van der Waals surface area (Å²) in [5, 5.41) is 11.1. The van der Waals surface area contributed by atoms with Gasteiger partial charge in [-0.25, -0.2) is 9.37 Å². The van der Waals surface area contributed by atoms with Crippen molar-refractivity contribution in [1.82, 2.24) is 20.1 Å². The van der Waals surface area contributed by atoms with Crippen molar-refractivity contribution in [2.75, 3.05) is 25.0 Å². The highest BCUT2D eigenvalue weighted by Crippen LogP contribution is 2.26. The molecule has 3 heterocycles. The highest BCUT2D eigenvalue weighted by Gasteiger charge is 2.33. The Bertz CT molecular complexity index is 550. The molecule has 0 aromatic carbocycles. The van der Waals surface area contributed by atoms with Crippen molar-refractivity contribution in [3.05, 3.63) is 34.9 Å². The fraction of sp³-hybridized carbons (Fsp3) is 0.500. The number of alkyl halides is 1. The Kier molecular flexibility index (Phi) is 4.40. The molecule has 2 aromatic heterocycles. The van der Waals surface area contributed by atoms with Gasteiger partial charge in [-0.2, -0.15) is 5.10 Å². The van der Waals surface area contributed by atoms with Crippen LogP contribution in [0.25, 0.3) is 0 Å². The SMILES string of the molecule is CN(Cc1nccs1)C[C@@H]1C[C@H](F)CN1c1cccnn1. The van der Waals surface area contributed by atoms with E-state index in [1.807, 2.05) is 35.7 Å². The average molecular weight is 307 g/mol. The van der Waals surface area contributed by atoms with Crippen LogP contribution in [0.1, 0.15) is 11.4 Å². The summed E-state index contributed by atoms with van der Waals surface area (Å²) in [6.07, 6.45) is 3.19. The van der Waals surface area contributed by atoms with Gasteiger partial charge in [0, 0.05) is 36.8 Å². The second-order valence-corrected chi connectivity index (χ2v) is 6.32. The van der Waals surface area contributed by atoms with E-state index < -0.39 is 6.17 Å². The maximum atomic E-state index is 13.8. The Hall–Kier alpha value is -1.60. The number of thiazole rings is 1. The molecule has 0 spiro atoms. The zero-order valence-electron chi connectivity index (χ0n) is 11.9. The summed E-state index contributed by atoms with van der Waals surface area (Å²) in [7, 11) is 2.04. The number of halogens is 1. The first-order chi connectivity index (χ1) is 10.2. The third-order valence-corrected chi connectivity index (χ3v) is 4.39. The van der Waals surface area contributed by atoms with Crippen molar-refractivity contribution < 1.29 is 4.39 Å². The molecule has 2 aromatic rings. The average Bonchev–Trinajstić information content (AvgIpc) is 3.09. The van der Waals surface area contributed by atoms with Crippen LogP contribution < -0.4 is 4.90 Å². The molecule has 0 aliphatic carbocycles. The molecule has 3 rings (SSSR count). The third-order valence-electron chi connectivity index (χ3n) is 3.63. The number of anilines is 1. The van der Waals surface area contributed by atoms with E-state index in [9.17, 15) is 4.39 Å². The number of likely N-dealkylation sites (N-methyl/N-ethyl adjacent to an activating group) is 1. The molecule has 0 N–H and O–H groups in total. The van der Waals surface area contributed by atoms with Crippen LogP contribution in [0, 0.1) is 0 Å². The van der Waals surface area contributed by atoms with Gasteiger partial charge in [-0.1, -0.05) is 0 Å². The number of aromatic nitrogens is 3. The molecule has 0 radical (unpaired) electrons. The number of hydrogen-bond acceptors (Lipinski definition) is 6. The van der Waals surface area contributed by atoms with Crippen LogP contribution >= 0.6 is 11.3 Å². The van der Waals surface area contributed by atoms with Gasteiger partial charge >= 0.3 is 0 Å². The van der Waals surface area contributed by atoms with E-state index in [0.29, 0.717) is 13.0 Å². The summed E-state index contributed by atoms with van der Waals surface area (Å²) in [6.45, 7) is 1.98. The van der Waals surface area contributed by atoms with Crippen LogP contribution in [0.5, 0.6) is 0 Å². The zero-order valence-corrected chi connectivity index (χ0v) is 12.7. The maximum absolute atomic E-state index is 13.8. The molecule has 1 aliphatic rings. The lowest BCUT2D eigenvalue weighted by molar-refractivity contribution is 0.289. The standard InChI is InChI=1S/C14H18FN5S/c1-19(10-14-16-5-6-21-14)9-12-7-11(15)8-20(12)13-3-2-4-17-18-13/h2-6,11-12H,7-10H2,1H3/t11-,12-/m0/s1. The Morgan fingerprint density at radius 2 is 2.38 bits per heavy atom. The van der Waals surface area contributed by atoms with E-state index in [1.54, 1.807) is 17.5 Å². The van der Waals surface area contributed by atoms with Gasteiger partial charge < -0.3 is 4.90 Å². The normalized spacial score (nSPS) is 22.1. The molecule has 0 amide bonds. The predicted molar refractivity (Wildman–Crippen MR) is 81.1 cm³/mol. The van der Waals surface area contributed by atoms with Gasteiger partial charge in [0.05, 0.1) is 13.1 Å². The maximum Gasteiger partial charge on any atom is 0.151 e. The van der Waals surface area contributed by atoms with Crippen molar-refractivity contribution >= 4 is 17.2 Å². The fourth-order valence-electron chi connectivity index (χ4n) is 2.75. The Morgan fingerprint density at radius 1 is 1.48 bits per heavy atom. The number of rotatable bonds is 5. The highest BCUT2D eigenvalue weighted by atomic mass is 32.1. The van der Waals surface area contributed by atoms with Gasteiger partial charge in [-0.3, -0.25) is 4.90 Å². The van der Waals surface area contributed by atoms with Gasteiger partial charge in [0.1, 0.15) is 11.2 Å². The van der Waals surface area contributed by atoms with Crippen LogP contribution in [0.3, 0.4) is 0 Å². The van der Waals surface area contributed by atoms with E-state index >= 15 is 0 Å². The highest BCUT2D eigenvalue weighted by molar-refractivity contribution is 7.09. The van der Waals surface area contributed by atoms with Crippen LogP contribution in [0.2, 0.25) is 0 Å². The molecule has 2 atom stereocenters. The molecule has 0 bridgehead atoms. The van der Waals surface area contributed by atoms with Crippen LogP contribution in [0.15, 0.2) is 29.9 Å². The molecule has 1 aliphatic heterocycles. The summed E-state index contributed by atoms with van der Waals surface area (Å²) < 4.78 is 13.8. The minimum absolute atomic E-state index is 0.127. The number of hydrogen-bond donors (Lipinski definition) is 0. The van der Waals surface area contributed by atoms with Gasteiger partial charge in [0.25, 0.3) is 0 Å². The molecular formula is C14H18FN5S. The van der Waals surface area contributed by atoms with Crippen molar-refractivity contribution in [3.8, 4) is 0 Å². The quantitative estimate of drug-likeness (QED) is 0.845. The van der Waals surface area contributed by atoms with Gasteiger partial charge in [0.2, 0.25) is 0 Å². The first-order valence-corrected chi connectivity index (χ1v) is 7.85. The van der Waals surface area contributed by atoms with E-state index in [-0.39, 0.29) is 6.04 Å². The molecule has 112 valence electrons.